The van der Waals surface area contributed by atoms with Crippen LogP contribution in [0.4, 0.5) is 0 Å². The molecule has 2 unspecified atom stereocenters. The molecule has 1 saturated heterocycles. The van der Waals surface area contributed by atoms with Gasteiger partial charge in [0.05, 0.1) is 6.20 Å². The maximum absolute atomic E-state index is 12.9. The third-order valence-corrected chi connectivity index (χ3v) is 5.88. The zero-order valence-corrected chi connectivity index (χ0v) is 16.1. The highest BCUT2D eigenvalue weighted by Gasteiger charge is 2.30. The van der Waals surface area contributed by atoms with Gasteiger partial charge in [-0.3, -0.25) is 4.79 Å². The first-order valence-corrected chi connectivity index (χ1v) is 9.34. The monoisotopic (exact) mass is 395 g/mol. The lowest BCUT2D eigenvalue weighted by Crippen LogP contribution is -2.49. The van der Waals surface area contributed by atoms with Gasteiger partial charge in [-0.25, -0.2) is 4.98 Å². The van der Waals surface area contributed by atoms with Crippen molar-refractivity contribution in [1.29, 1.82) is 0 Å². The minimum Gasteiger partial charge on any atom is -0.454 e. The SMILES string of the molecule is CC1CCN(C(=O)c2cnc(-c3ccc4c(c3)OCO4)s2)C(CN)C1.Cl. The molecule has 0 bridgehead atoms. The highest BCUT2D eigenvalue weighted by atomic mass is 35.5. The molecule has 2 atom stereocenters. The molecule has 0 aliphatic carbocycles. The summed E-state index contributed by atoms with van der Waals surface area (Å²) < 4.78 is 10.7. The summed E-state index contributed by atoms with van der Waals surface area (Å²) in [6.45, 7) is 3.73. The van der Waals surface area contributed by atoms with Crippen molar-refractivity contribution in [3.8, 4) is 22.1 Å². The smallest absolute Gasteiger partial charge is 0.265 e. The molecule has 4 rings (SSSR count). The fourth-order valence-electron chi connectivity index (χ4n) is 3.42. The van der Waals surface area contributed by atoms with Gasteiger partial charge in [0.15, 0.2) is 11.5 Å². The minimum atomic E-state index is 0. The largest absolute Gasteiger partial charge is 0.454 e. The zero-order valence-electron chi connectivity index (χ0n) is 14.5. The van der Waals surface area contributed by atoms with E-state index in [0.717, 1.165) is 35.7 Å². The Hall–Kier alpha value is -1.83. The minimum absolute atomic E-state index is 0. The van der Waals surface area contributed by atoms with Gasteiger partial charge in [-0.2, -0.15) is 0 Å². The van der Waals surface area contributed by atoms with Crippen molar-refractivity contribution in [2.45, 2.75) is 25.8 Å². The number of aromatic nitrogens is 1. The van der Waals surface area contributed by atoms with Crippen LogP contribution in [0, 0.1) is 5.92 Å². The van der Waals surface area contributed by atoms with E-state index in [0.29, 0.717) is 23.1 Å². The highest BCUT2D eigenvalue weighted by Crippen LogP contribution is 2.37. The van der Waals surface area contributed by atoms with Crippen molar-refractivity contribution < 1.29 is 14.3 Å². The lowest BCUT2D eigenvalue weighted by atomic mass is 9.92. The Kier molecular flexibility index (Phi) is 5.70. The number of benzene rings is 1. The number of halogens is 1. The molecule has 1 amide bonds. The summed E-state index contributed by atoms with van der Waals surface area (Å²) in [4.78, 5) is 19.9. The molecule has 1 aromatic heterocycles. The number of ether oxygens (including phenoxy) is 2. The van der Waals surface area contributed by atoms with Gasteiger partial charge >= 0.3 is 0 Å². The molecular formula is C18H22ClN3O3S. The summed E-state index contributed by atoms with van der Waals surface area (Å²) >= 11 is 1.41. The number of fused-ring (bicyclic) bond motifs is 1. The quantitative estimate of drug-likeness (QED) is 0.863. The van der Waals surface area contributed by atoms with Crippen LogP contribution in [0.5, 0.6) is 11.5 Å². The van der Waals surface area contributed by atoms with Crippen LogP contribution in [0.25, 0.3) is 10.6 Å². The van der Waals surface area contributed by atoms with Gasteiger partial charge in [0, 0.05) is 24.7 Å². The Morgan fingerprint density at radius 1 is 1.38 bits per heavy atom. The first kappa shape index (κ1) is 18.9. The number of carbonyl (C=O) groups excluding carboxylic acids is 1. The van der Waals surface area contributed by atoms with Gasteiger partial charge < -0.3 is 20.1 Å². The van der Waals surface area contributed by atoms with Gasteiger partial charge in [0.1, 0.15) is 9.88 Å². The molecule has 0 saturated carbocycles. The van der Waals surface area contributed by atoms with E-state index in [1.54, 1.807) is 6.20 Å². The van der Waals surface area contributed by atoms with E-state index in [1.165, 1.54) is 11.3 Å². The van der Waals surface area contributed by atoms with Crippen molar-refractivity contribution in [3.63, 3.8) is 0 Å². The average molecular weight is 396 g/mol. The molecule has 6 nitrogen and oxygen atoms in total. The zero-order chi connectivity index (χ0) is 17.4. The number of carbonyl (C=O) groups is 1. The van der Waals surface area contributed by atoms with E-state index in [9.17, 15) is 4.79 Å². The van der Waals surface area contributed by atoms with Gasteiger partial charge in [0.2, 0.25) is 6.79 Å². The Balaban J connectivity index is 0.00000196. The van der Waals surface area contributed by atoms with E-state index in [1.807, 2.05) is 23.1 Å². The van der Waals surface area contributed by atoms with Gasteiger partial charge in [0.25, 0.3) is 5.91 Å². The third kappa shape index (κ3) is 3.51. The molecule has 2 aliphatic heterocycles. The predicted octanol–water partition coefficient (Wildman–Crippen LogP) is 3.16. The van der Waals surface area contributed by atoms with Crippen LogP contribution in [-0.4, -0.2) is 41.7 Å². The number of nitrogens with two attached hydrogens (primary N) is 1. The van der Waals surface area contributed by atoms with E-state index in [4.69, 9.17) is 15.2 Å². The molecule has 140 valence electrons. The molecule has 2 aliphatic rings. The summed E-state index contributed by atoms with van der Waals surface area (Å²) in [6.07, 6.45) is 3.66. The Morgan fingerprint density at radius 2 is 2.19 bits per heavy atom. The molecule has 3 heterocycles. The number of likely N-dealkylation sites (tertiary alicyclic amines) is 1. The third-order valence-electron chi connectivity index (χ3n) is 4.85. The maximum Gasteiger partial charge on any atom is 0.265 e. The van der Waals surface area contributed by atoms with Crippen molar-refractivity contribution in [1.82, 2.24) is 9.88 Å². The van der Waals surface area contributed by atoms with E-state index in [-0.39, 0.29) is 31.1 Å². The molecule has 0 spiro atoms. The Morgan fingerprint density at radius 3 is 3.00 bits per heavy atom. The molecule has 2 aromatic rings. The first-order chi connectivity index (χ1) is 12.2. The lowest BCUT2D eigenvalue weighted by Gasteiger charge is -2.37. The van der Waals surface area contributed by atoms with Crippen LogP contribution in [0.15, 0.2) is 24.4 Å². The molecular weight excluding hydrogens is 374 g/mol. The summed E-state index contributed by atoms with van der Waals surface area (Å²) in [5.74, 6) is 2.11. The van der Waals surface area contributed by atoms with E-state index in [2.05, 4.69) is 11.9 Å². The van der Waals surface area contributed by atoms with Crippen LogP contribution in [0.3, 0.4) is 0 Å². The van der Waals surface area contributed by atoms with Gasteiger partial charge in [-0.05, 0) is 37.0 Å². The highest BCUT2D eigenvalue weighted by molar-refractivity contribution is 7.16. The lowest BCUT2D eigenvalue weighted by molar-refractivity contribution is 0.0578. The Bertz CT molecular complexity index is 798. The van der Waals surface area contributed by atoms with Crippen molar-refractivity contribution >= 4 is 29.7 Å². The van der Waals surface area contributed by atoms with Crippen LogP contribution in [0.1, 0.15) is 29.4 Å². The second kappa shape index (κ2) is 7.82. The maximum atomic E-state index is 12.9. The van der Waals surface area contributed by atoms with Crippen LogP contribution in [-0.2, 0) is 0 Å². The standard InChI is InChI=1S/C18H21N3O3S.ClH/c1-11-4-5-21(13(6-11)8-19)18(22)16-9-20-17(25-16)12-2-3-14-15(7-12)24-10-23-14;/h2-3,7,9,11,13H,4-6,8,10,19H2,1H3;1H. The van der Waals surface area contributed by atoms with Gasteiger partial charge in [-0.1, -0.05) is 6.92 Å². The number of hydrogen-bond acceptors (Lipinski definition) is 6. The number of nitrogens with zero attached hydrogens (tertiary/aromatic N) is 2. The number of amides is 1. The first-order valence-electron chi connectivity index (χ1n) is 8.52. The second-order valence-electron chi connectivity index (χ2n) is 6.62. The Labute approximate surface area is 162 Å². The molecule has 26 heavy (non-hydrogen) atoms. The van der Waals surface area contributed by atoms with Crippen molar-refractivity contribution in [2.75, 3.05) is 19.9 Å². The normalized spacial score (nSPS) is 21.4. The van der Waals surface area contributed by atoms with Crippen molar-refractivity contribution in [3.05, 3.63) is 29.3 Å². The molecule has 1 fully saturated rings. The van der Waals surface area contributed by atoms with Crippen LogP contribution in [0.2, 0.25) is 0 Å². The molecule has 8 heteroatoms. The summed E-state index contributed by atoms with van der Waals surface area (Å²) in [5, 5.41) is 0.802. The number of rotatable bonds is 3. The number of piperidine rings is 1. The van der Waals surface area contributed by atoms with Gasteiger partial charge in [-0.15, -0.1) is 23.7 Å². The summed E-state index contributed by atoms with van der Waals surface area (Å²) in [7, 11) is 0. The molecule has 0 radical (unpaired) electrons. The van der Waals surface area contributed by atoms with E-state index < -0.39 is 0 Å². The van der Waals surface area contributed by atoms with Crippen LogP contribution >= 0.6 is 23.7 Å². The molecule has 2 N–H and O–H groups in total. The van der Waals surface area contributed by atoms with Crippen LogP contribution < -0.4 is 15.2 Å². The predicted molar refractivity (Wildman–Crippen MR) is 103 cm³/mol. The van der Waals surface area contributed by atoms with E-state index >= 15 is 0 Å². The topological polar surface area (TPSA) is 77.7 Å². The fourth-order valence-corrected chi connectivity index (χ4v) is 4.29. The average Bonchev–Trinajstić information content (AvgIpc) is 3.29. The van der Waals surface area contributed by atoms with Crippen molar-refractivity contribution in [2.24, 2.45) is 11.7 Å². The molecule has 1 aromatic carbocycles. The number of hydrogen-bond donors (Lipinski definition) is 1. The fraction of sp³-hybridized carbons (Fsp3) is 0.444. The number of thiazole rings is 1. The summed E-state index contributed by atoms with van der Waals surface area (Å²) in [6, 6.07) is 5.83. The summed E-state index contributed by atoms with van der Waals surface area (Å²) in [5.41, 5.74) is 6.81. The second-order valence-corrected chi connectivity index (χ2v) is 7.65.